The molecule has 3 heteroatoms. The minimum atomic E-state index is 0.391. The van der Waals surface area contributed by atoms with Crippen LogP contribution >= 0.6 is 0 Å². The van der Waals surface area contributed by atoms with Gasteiger partial charge in [0.05, 0.1) is 6.61 Å². The van der Waals surface area contributed by atoms with Gasteiger partial charge < -0.3 is 14.8 Å². The number of nitrogens with one attached hydrogen (secondary N) is 1. The van der Waals surface area contributed by atoms with Gasteiger partial charge in [0.25, 0.3) is 0 Å². The fourth-order valence-electron chi connectivity index (χ4n) is 2.45. The molecule has 1 heterocycles. The lowest BCUT2D eigenvalue weighted by Crippen LogP contribution is -2.36. The SMILES string of the molecule is COCCCCC1(CNCC(C)C)CCOC1. The van der Waals surface area contributed by atoms with Gasteiger partial charge in [-0.1, -0.05) is 20.3 Å². The molecule has 0 spiro atoms. The normalized spacial score (nSPS) is 24.7. The number of hydrogen-bond donors (Lipinski definition) is 1. The van der Waals surface area contributed by atoms with Gasteiger partial charge in [-0.25, -0.2) is 0 Å². The first-order chi connectivity index (χ1) is 8.18. The van der Waals surface area contributed by atoms with Gasteiger partial charge in [0.1, 0.15) is 0 Å². The summed E-state index contributed by atoms with van der Waals surface area (Å²) in [7, 11) is 1.78. The zero-order chi connectivity index (χ0) is 12.6. The van der Waals surface area contributed by atoms with Crippen molar-refractivity contribution in [1.82, 2.24) is 5.32 Å². The van der Waals surface area contributed by atoms with Crippen LogP contribution in [0.3, 0.4) is 0 Å². The molecule has 0 bridgehead atoms. The van der Waals surface area contributed by atoms with E-state index in [-0.39, 0.29) is 0 Å². The monoisotopic (exact) mass is 243 g/mol. The van der Waals surface area contributed by atoms with Gasteiger partial charge in [-0.05, 0) is 31.7 Å². The summed E-state index contributed by atoms with van der Waals surface area (Å²) in [4.78, 5) is 0. The van der Waals surface area contributed by atoms with Crippen LogP contribution in [0.4, 0.5) is 0 Å². The molecule has 0 amide bonds. The fraction of sp³-hybridized carbons (Fsp3) is 1.00. The summed E-state index contributed by atoms with van der Waals surface area (Å²) in [6.45, 7) is 9.49. The lowest BCUT2D eigenvalue weighted by atomic mass is 9.82. The maximum absolute atomic E-state index is 5.60. The van der Waals surface area contributed by atoms with Gasteiger partial charge in [-0.2, -0.15) is 0 Å². The summed E-state index contributed by atoms with van der Waals surface area (Å²) < 4.78 is 10.7. The third kappa shape index (κ3) is 5.84. The Morgan fingerprint density at radius 1 is 1.35 bits per heavy atom. The van der Waals surface area contributed by atoms with Crippen molar-refractivity contribution >= 4 is 0 Å². The first-order valence-corrected chi connectivity index (χ1v) is 6.96. The zero-order valence-electron chi connectivity index (χ0n) is 11.8. The predicted molar refractivity (Wildman–Crippen MR) is 71.3 cm³/mol. The first-order valence-electron chi connectivity index (χ1n) is 6.96. The molecule has 1 unspecified atom stereocenters. The Balaban J connectivity index is 2.24. The molecule has 17 heavy (non-hydrogen) atoms. The number of methoxy groups -OCH3 is 1. The number of hydrogen-bond acceptors (Lipinski definition) is 3. The largest absolute Gasteiger partial charge is 0.385 e. The van der Waals surface area contributed by atoms with Gasteiger partial charge in [0, 0.05) is 32.3 Å². The summed E-state index contributed by atoms with van der Waals surface area (Å²) in [5.74, 6) is 0.725. The van der Waals surface area contributed by atoms with E-state index in [0.717, 1.165) is 38.8 Å². The molecule has 1 aliphatic rings. The predicted octanol–water partition coefficient (Wildman–Crippen LogP) is 2.46. The molecule has 102 valence electrons. The van der Waals surface area contributed by atoms with Crippen molar-refractivity contribution in [2.75, 3.05) is 40.0 Å². The quantitative estimate of drug-likeness (QED) is 0.631. The van der Waals surface area contributed by atoms with E-state index in [2.05, 4.69) is 19.2 Å². The maximum atomic E-state index is 5.60. The van der Waals surface area contributed by atoms with E-state index in [1.54, 1.807) is 7.11 Å². The van der Waals surface area contributed by atoms with Crippen LogP contribution < -0.4 is 5.32 Å². The number of ether oxygens (including phenoxy) is 2. The highest BCUT2D eigenvalue weighted by Crippen LogP contribution is 2.33. The molecule has 3 nitrogen and oxygen atoms in total. The summed E-state index contributed by atoms with van der Waals surface area (Å²) in [5, 5.41) is 3.60. The van der Waals surface area contributed by atoms with Crippen LogP contribution in [0.25, 0.3) is 0 Å². The van der Waals surface area contributed by atoms with Crippen molar-refractivity contribution in [2.24, 2.45) is 11.3 Å². The number of rotatable bonds is 9. The van der Waals surface area contributed by atoms with E-state index in [9.17, 15) is 0 Å². The van der Waals surface area contributed by atoms with E-state index < -0.39 is 0 Å². The molecule has 0 aromatic rings. The molecule has 0 aromatic heterocycles. The molecule has 1 saturated heterocycles. The summed E-state index contributed by atoms with van der Waals surface area (Å²) in [5.41, 5.74) is 0.391. The lowest BCUT2D eigenvalue weighted by Gasteiger charge is -2.28. The third-order valence-corrected chi connectivity index (χ3v) is 3.54. The van der Waals surface area contributed by atoms with Crippen molar-refractivity contribution in [2.45, 2.75) is 39.5 Å². The van der Waals surface area contributed by atoms with E-state index >= 15 is 0 Å². The van der Waals surface area contributed by atoms with Crippen LogP contribution in [0.2, 0.25) is 0 Å². The molecule has 1 rings (SSSR count). The van der Waals surface area contributed by atoms with Gasteiger partial charge in [-0.15, -0.1) is 0 Å². The Bertz CT molecular complexity index is 189. The third-order valence-electron chi connectivity index (χ3n) is 3.54. The second-order valence-corrected chi connectivity index (χ2v) is 5.78. The lowest BCUT2D eigenvalue weighted by molar-refractivity contribution is 0.136. The van der Waals surface area contributed by atoms with Crippen LogP contribution in [0.1, 0.15) is 39.5 Å². The van der Waals surface area contributed by atoms with Crippen molar-refractivity contribution in [3.8, 4) is 0 Å². The minimum Gasteiger partial charge on any atom is -0.385 e. The highest BCUT2D eigenvalue weighted by atomic mass is 16.5. The number of unbranched alkanes of at least 4 members (excludes halogenated alkanes) is 1. The molecule has 1 N–H and O–H groups in total. The molecular formula is C14H29NO2. The van der Waals surface area contributed by atoms with Crippen LogP contribution in [-0.2, 0) is 9.47 Å². The van der Waals surface area contributed by atoms with Crippen LogP contribution in [0.5, 0.6) is 0 Å². The van der Waals surface area contributed by atoms with E-state index in [0.29, 0.717) is 5.41 Å². The first kappa shape index (κ1) is 14.9. The Hall–Kier alpha value is -0.120. The van der Waals surface area contributed by atoms with Gasteiger partial charge >= 0.3 is 0 Å². The molecule has 1 aliphatic heterocycles. The Labute approximate surface area is 106 Å². The highest BCUT2D eigenvalue weighted by molar-refractivity contribution is 4.85. The smallest absolute Gasteiger partial charge is 0.0535 e. The highest BCUT2D eigenvalue weighted by Gasteiger charge is 2.33. The topological polar surface area (TPSA) is 30.5 Å². The minimum absolute atomic E-state index is 0.391. The molecule has 1 atom stereocenters. The average molecular weight is 243 g/mol. The van der Waals surface area contributed by atoms with Gasteiger partial charge in [0.15, 0.2) is 0 Å². The molecule has 0 aromatic carbocycles. The van der Waals surface area contributed by atoms with Crippen LogP contribution in [-0.4, -0.2) is 40.0 Å². The second-order valence-electron chi connectivity index (χ2n) is 5.78. The Morgan fingerprint density at radius 3 is 2.76 bits per heavy atom. The van der Waals surface area contributed by atoms with Crippen molar-refractivity contribution < 1.29 is 9.47 Å². The molecule has 1 fully saturated rings. The average Bonchev–Trinajstić information content (AvgIpc) is 2.73. The molecule has 0 aliphatic carbocycles. The Kier molecular flexibility index (Phi) is 7.09. The summed E-state index contributed by atoms with van der Waals surface area (Å²) >= 11 is 0. The van der Waals surface area contributed by atoms with Crippen molar-refractivity contribution in [3.63, 3.8) is 0 Å². The van der Waals surface area contributed by atoms with Crippen molar-refractivity contribution in [1.29, 1.82) is 0 Å². The fourth-order valence-corrected chi connectivity index (χ4v) is 2.45. The summed E-state index contributed by atoms with van der Waals surface area (Å²) in [6.07, 6.45) is 4.90. The van der Waals surface area contributed by atoms with E-state index in [1.807, 2.05) is 0 Å². The Morgan fingerprint density at radius 2 is 2.18 bits per heavy atom. The molecule has 0 radical (unpaired) electrons. The standard InChI is InChI=1S/C14H29NO2/c1-13(2)10-15-11-14(7-9-17-12-14)6-4-5-8-16-3/h13,15H,4-12H2,1-3H3. The zero-order valence-corrected chi connectivity index (χ0v) is 11.8. The van der Waals surface area contributed by atoms with Gasteiger partial charge in [0.2, 0.25) is 0 Å². The van der Waals surface area contributed by atoms with Crippen LogP contribution in [0, 0.1) is 11.3 Å². The van der Waals surface area contributed by atoms with Crippen molar-refractivity contribution in [3.05, 3.63) is 0 Å². The maximum Gasteiger partial charge on any atom is 0.0535 e. The van der Waals surface area contributed by atoms with Crippen LogP contribution in [0.15, 0.2) is 0 Å². The van der Waals surface area contributed by atoms with E-state index in [1.165, 1.54) is 25.7 Å². The second kappa shape index (κ2) is 8.06. The summed E-state index contributed by atoms with van der Waals surface area (Å²) in [6, 6.07) is 0. The molecular weight excluding hydrogens is 214 g/mol. The van der Waals surface area contributed by atoms with E-state index in [4.69, 9.17) is 9.47 Å². The molecule has 0 saturated carbocycles. The van der Waals surface area contributed by atoms with Gasteiger partial charge in [-0.3, -0.25) is 0 Å².